The van der Waals surface area contributed by atoms with Gasteiger partial charge in [0.25, 0.3) is 0 Å². The number of hydrogen-bond acceptors (Lipinski definition) is 5. The van der Waals surface area contributed by atoms with E-state index in [0.717, 1.165) is 25.7 Å². The number of nitrogens with two attached hydrogens (primary N) is 1. The van der Waals surface area contributed by atoms with Crippen LogP contribution in [-0.4, -0.2) is 18.5 Å². The first-order chi connectivity index (χ1) is 10.4. The average molecular weight is 300 g/mol. The van der Waals surface area contributed by atoms with Crippen molar-refractivity contribution >= 4 is 5.90 Å². The lowest BCUT2D eigenvalue weighted by Crippen LogP contribution is -2.62. The number of rotatable bonds is 4. The molecule has 2 N–H and O–H groups in total. The number of nitriles is 2. The van der Waals surface area contributed by atoms with Crippen LogP contribution in [-0.2, 0) is 4.74 Å². The molecule has 0 saturated carbocycles. The SMILES string of the molecule is CCCC12CC(C)(CCC)C(C#N)(C(OC)=N1)C(N)=C2C#N. The highest BCUT2D eigenvalue weighted by molar-refractivity contribution is 5.94. The van der Waals surface area contributed by atoms with Crippen molar-refractivity contribution in [2.24, 2.45) is 21.6 Å². The van der Waals surface area contributed by atoms with Crippen LogP contribution in [0.15, 0.2) is 16.3 Å². The van der Waals surface area contributed by atoms with E-state index in [0.29, 0.717) is 23.6 Å². The molecule has 5 heteroatoms. The summed E-state index contributed by atoms with van der Waals surface area (Å²) in [7, 11) is 1.53. The van der Waals surface area contributed by atoms with Gasteiger partial charge in [-0.2, -0.15) is 10.5 Å². The molecule has 0 aromatic heterocycles. The third-order valence-corrected chi connectivity index (χ3v) is 5.30. The zero-order valence-electron chi connectivity index (χ0n) is 13.9. The van der Waals surface area contributed by atoms with Crippen LogP contribution in [0, 0.1) is 33.5 Å². The molecule has 2 heterocycles. The summed E-state index contributed by atoms with van der Waals surface area (Å²) in [6, 6.07) is 4.60. The van der Waals surface area contributed by atoms with Crippen molar-refractivity contribution in [3.8, 4) is 12.1 Å². The van der Waals surface area contributed by atoms with Gasteiger partial charge in [0.2, 0.25) is 5.90 Å². The number of hydrogen-bond donors (Lipinski definition) is 1. The predicted octanol–water partition coefficient (Wildman–Crippen LogP) is 3.04. The van der Waals surface area contributed by atoms with Crippen molar-refractivity contribution in [1.29, 1.82) is 10.5 Å². The van der Waals surface area contributed by atoms with E-state index in [1.165, 1.54) is 7.11 Å². The van der Waals surface area contributed by atoms with Crippen LogP contribution in [0.5, 0.6) is 0 Å². The molecule has 0 spiro atoms. The Morgan fingerprint density at radius 1 is 1.27 bits per heavy atom. The molecule has 1 aliphatic carbocycles. The Kier molecular flexibility index (Phi) is 3.96. The van der Waals surface area contributed by atoms with Crippen molar-refractivity contribution in [2.75, 3.05) is 7.11 Å². The molecule has 2 bridgehead atoms. The summed E-state index contributed by atoms with van der Waals surface area (Å²) in [6.45, 7) is 6.25. The van der Waals surface area contributed by atoms with Crippen LogP contribution in [0.4, 0.5) is 0 Å². The van der Waals surface area contributed by atoms with E-state index in [1.54, 1.807) is 0 Å². The molecule has 0 fully saturated rings. The van der Waals surface area contributed by atoms with Gasteiger partial charge in [-0.1, -0.05) is 33.6 Å². The Morgan fingerprint density at radius 3 is 2.36 bits per heavy atom. The molecule has 118 valence electrons. The van der Waals surface area contributed by atoms with Gasteiger partial charge in [-0.05, 0) is 19.3 Å². The molecule has 3 aliphatic rings. The summed E-state index contributed by atoms with van der Waals surface area (Å²) in [5.41, 5.74) is 5.06. The van der Waals surface area contributed by atoms with Crippen molar-refractivity contribution < 1.29 is 4.74 Å². The van der Waals surface area contributed by atoms with E-state index >= 15 is 0 Å². The third-order valence-electron chi connectivity index (χ3n) is 5.30. The Labute approximate surface area is 132 Å². The van der Waals surface area contributed by atoms with Crippen LogP contribution in [0.25, 0.3) is 0 Å². The third kappa shape index (κ3) is 1.72. The summed E-state index contributed by atoms with van der Waals surface area (Å²) < 4.78 is 5.50. The first-order valence-corrected chi connectivity index (χ1v) is 7.87. The highest BCUT2D eigenvalue weighted by atomic mass is 16.5. The highest BCUT2D eigenvalue weighted by Gasteiger charge is 2.67. The van der Waals surface area contributed by atoms with Gasteiger partial charge >= 0.3 is 0 Å². The molecule has 0 saturated heterocycles. The second kappa shape index (κ2) is 5.32. The number of dihydropyridines is 1. The van der Waals surface area contributed by atoms with Crippen LogP contribution in [0.2, 0.25) is 0 Å². The topological polar surface area (TPSA) is 95.2 Å². The molecule has 3 unspecified atom stereocenters. The highest BCUT2D eigenvalue weighted by Crippen LogP contribution is 2.63. The maximum atomic E-state index is 9.99. The van der Waals surface area contributed by atoms with Gasteiger partial charge in [0.05, 0.1) is 30.5 Å². The Morgan fingerprint density at radius 2 is 1.91 bits per heavy atom. The molecule has 5 nitrogen and oxygen atoms in total. The van der Waals surface area contributed by atoms with Gasteiger partial charge in [0.1, 0.15) is 5.54 Å². The number of methoxy groups -OCH3 is 1. The van der Waals surface area contributed by atoms with Crippen molar-refractivity contribution in [1.82, 2.24) is 0 Å². The summed E-state index contributed by atoms with van der Waals surface area (Å²) >= 11 is 0. The Bertz CT molecular complexity index is 624. The average Bonchev–Trinajstić information content (AvgIpc) is 2.47. The molecule has 22 heavy (non-hydrogen) atoms. The lowest BCUT2D eigenvalue weighted by atomic mass is 9.49. The van der Waals surface area contributed by atoms with Gasteiger partial charge in [-0.25, -0.2) is 4.99 Å². The summed E-state index contributed by atoms with van der Waals surface area (Å²) in [5.74, 6) is 0.377. The fraction of sp³-hybridized carbons (Fsp3) is 0.706. The van der Waals surface area contributed by atoms with Crippen LogP contribution < -0.4 is 5.73 Å². The van der Waals surface area contributed by atoms with E-state index < -0.39 is 11.0 Å². The summed E-state index contributed by atoms with van der Waals surface area (Å²) in [5, 5.41) is 19.6. The van der Waals surface area contributed by atoms with Gasteiger partial charge in [0.15, 0.2) is 5.41 Å². The van der Waals surface area contributed by atoms with Gasteiger partial charge < -0.3 is 10.5 Å². The lowest BCUT2D eigenvalue weighted by molar-refractivity contribution is 0.0752. The zero-order chi connectivity index (χ0) is 16.6. The Hall–Kier alpha value is -2.01. The maximum absolute atomic E-state index is 9.99. The van der Waals surface area contributed by atoms with Crippen LogP contribution >= 0.6 is 0 Å². The van der Waals surface area contributed by atoms with E-state index in [4.69, 9.17) is 15.5 Å². The quantitative estimate of drug-likeness (QED) is 0.863. The number of nitrogens with zero attached hydrogens (tertiary/aromatic N) is 3. The molecule has 0 amide bonds. The molecule has 0 aromatic rings. The van der Waals surface area contributed by atoms with Gasteiger partial charge in [-0.3, -0.25) is 0 Å². The number of ether oxygens (including phenoxy) is 1. The number of fused-ring (bicyclic) bond motifs is 1. The fourth-order valence-electron chi connectivity index (χ4n) is 4.49. The first-order valence-electron chi connectivity index (χ1n) is 7.87. The Balaban J connectivity index is 2.82. The monoisotopic (exact) mass is 300 g/mol. The van der Waals surface area contributed by atoms with Gasteiger partial charge in [-0.15, -0.1) is 0 Å². The first kappa shape index (κ1) is 16.4. The minimum atomic E-state index is -1.13. The summed E-state index contributed by atoms with van der Waals surface area (Å²) in [4.78, 5) is 4.72. The van der Waals surface area contributed by atoms with Gasteiger partial charge in [0, 0.05) is 5.41 Å². The van der Waals surface area contributed by atoms with Crippen molar-refractivity contribution in [3.05, 3.63) is 11.3 Å². The van der Waals surface area contributed by atoms with Crippen LogP contribution in [0.1, 0.15) is 52.9 Å². The minimum Gasteiger partial charge on any atom is -0.483 e. The normalized spacial score (nSPS) is 36.5. The molecule has 0 aromatic carbocycles. The molecular weight excluding hydrogens is 276 g/mol. The molecule has 2 aliphatic heterocycles. The smallest absolute Gasteiger partial charge is 0.211 e. The molecule has 3 atom stereocenters. The minimum absolute atomic E-state index is 0.347. The number of aliphatic imine (C=N–C) groups is 1. The molecule has 0 radical (unpaired) electrons. The second-order valence-electron chi connectivity index (χ2n) is 6.65. The molecular formula is C17H24N4O. The standard InChI is InChI=1S/C17H24N4O/c1-5-7-15(3)10-16(8-6-2)12(9-18)13(20)17(15,11-19)14(21-16)22-4/h5-8,10,20H2,1-4H3. The maximum Gasteiger partial charge on any atom is 0.211 e. The zero-order valence-corrected chi connectivity index (χ0v) is 13.9. The second-order valence-corrected chi connectivity index (χ2v) is 6.65. The van der Waals surface area contributed by atoms with Crippen molar-refractivity contribution in [2.45, 2.75) is 58.4 Å². The summed E-state index contributed by atoms with van der Waals surface area (Å²) in [6.07, 6.45) is 4.08. The lowest BCUT2D eigenvalue weighted by Gasteiger charge is -2.56. The van der Waals surface area contributed by atoms with E-state index in [-0.39, 0.29) is 5.41 Å². The predicted molar refractivity (Wildman–Crippen MR) is 84.6 cm³/mol. The van der Waals surface area contributed by atoms with E-state index in [9.17, 15) is 10.5 Å². The van der Waals surface area contributed by atoms with Crippen molar-refractivity contribution in [3.63, 3.8) is 0 Å². The molecule has 3 rings (SSSR count). The van der Waals surface area contributed by atoms with E-state index in [1.807, 2.05) is 0 Å². The largest absolute Gasteiger partial charge is 0.483 e. The fourth-order valence-corrected chi connectivity index (χ4v) is 4.49. The van der Waals surface area contributed by atoms with E-state index in [2.05, 4.69) is 32.9 Å². The van der Waals surface area contributed by atoms with Crippen LogP contribution in [0.3, 0.4) is 0 Å².